The Morgan fingerprint density at radius 1 is 0.650 bits per heavy atom. The Balaban J connectivity index is 2.29. The van der Waals surface area contributed by atoms with Gasteiger partial charge in [-0.3, -0.25) is 0 Å². The first-order valence-electron chi connectivity index (χ1n) is 7.31. The Kier molecular flexibility index (Phi) is 13.5. The molecule has 20 heavy (non-hydrogen) atoms. The van der Waals surface area contributed by atoms with Gasteiger partial charge in [-0.15, -0.1) is 47.0 Å². The van der Waals surface area contributed by atoms with Crippen LogP contribution in [0.4, 0.5) is 0 Å². The molecule has 1 aliphatic heterocycles. The lowest BCUT2D eigenvalue weighted by Crippen LogP contribution is -2.10. The van der Waals surface area contributed by atoms with Gasteiger partial charge in [0.2, 0.25) is 0 Å². The molecule has 0 amide bonds. The van der Waals surface area contributed by atoms with Crippen LogP contribution < -0.4 is 0 Å². The highest BCUT2D eigenvalue weighted by atomic mass is 32.2. The van der Waals surface area contributed by atoms with Crippen LogP contribution in [0.3, 0.4) is 0 Å². The Morgan fingerprint density at radius 2 is 0.950 bits per heavy atom. The molecule has 6 heteroatoms. The zero-order chi connectivity index (χ0) is 14.5. The van der Waals surface area contributed by atoms with Crippen LogP contribution in [0, 0.1) is 0 Å². The summed E-state index contributed by atoms with van der Waals surface area (Å²) < 4.78 is 11.9. The lowest BCUT2D eigenvalue weighted by molar-refractivity contribution is 0.213. The lowest BCUT2D eigenvalue weighted by atomic mass is 10.4. The monoisotopic (exact) mass is 356 g/mol. The Bertz CT molecular complexity index is 181. The maximum atomic E-state index is 5.33. The highest BCUT2D eigenvalue weighted by molar-refractivity contribution is 8.17. The average Bonchev–Trinajstić information content (AvgIpc) is 2.45. The maximum absolute atomic E-state index is 5.33. The van der Waals surface area contributed by atoms with Crippen molar-refractivity contribution in [3.05, 3.63) is 0 Å². The van der Waals surface area contributed by atoms with Crippen LogP contribution in [0.1, 0.15) is 25.7 Å². The molecule has 0 aliphatic carbocycles. The largest absolute Gasteiger partial charge is 0.383 e. The smallest absolute Gasteiger partial charge is 0.0735 e. The van der Waals surface area contributed by atoms with E-state index in [2.05, 4.69) is 47.0 Å². The fraction of sp³-hybridized carbons (Fsp3) is 1.00. The normalized spacial score (nSPS) is 27.9. The van der Waals surface area contributed by atoms with E-state index >= 15 is 0 Å². The molecular weight excluding hydrogens is 328 g/mol. The summed E-state index contributed by atoms with van der Waals surface area (Å²) in [7, 11) is 3.63. The molecule has 1 fully saturated rings. The zero-order valence-electron chi connectivity index (χ0n) is 12.7. The molecule has 0 atom stereocenters. The van der Waals surface area contributed by atoms with E-state index in [9.17, 15) is 0 Å². The molecule has 2 nitrogen and oxygen atoms in total. The molecule has 1 rings (SSSR count). The second-order valence-electron chi connectivity index (χ2n) is 4.67. The summed E-state index contributed by atoms with van der Waals surface area (Å²) in [6.07, 6.45) is 5.29. The van der Waals surface area contributed by atoms with E-state index < -0.39 is 0 Å². The zero-order valence-corrected chi connectivity index (χ0v) is 15.9. The minimum atomic E-state index is 0.629. The molecule has 1 aliphatic rings. The van der Waals surface area contributed by atoms with E-state index in [1.807, 2.05) is 14.2 Å². The predicted molar refractivity (Wildman–Crippen MR) is 99.6 cm³/mol. The summed E-state index contributed by atoms with van der Waals surface area (Å²) in [6.45, 7) is 1.77. The Morgan fingerprint density at radius 3 is 1.20 bits per heavy atom. The first kappa shape index (κ1) is 19.4. The molecule has 0 saturated carbocycles. The average molecular weight is 357 g/mol. The maximum Gasteiger partial charge on any atom is 0.0735 e. The number of ether oxygens (including phenoxy) is 2. The number of rotatable bonds is 4. The van der Waals surface area contributed by atoms with Crippen molar-refractivity contribution < 1.29 is 9.47 Å². The molecule has 120 valence electrons. The van der Waals surface area contributed by atoms with Gasteiger partial charge in [-0.2, -0.15) is 0 Å². The second-order valence-corrected chi connectivity index (χ2v) is 10.5. The van der Waals surface area contributed by atoms with Crippen molar-refractivity contribution in [2.75, 3.05) is 50.4 Å². The van der Waals surface area contributed by atoms with Crippen LogP contribution in [0.15, 0.2) is 0 Å². The second kappa shape index (κ2) is 13.9. The molecule has 0 spiro atoms. The van der Waals surface area contributed by atoms with Gasteiger partial charge in [-0.1, -0.05) is 0 Å². The number of thioether (sulfide) groups is 4. The number of hydrogen-bond donors (Lipinski definition) is 0. The summed E-state index contributed by atoms with van der Waals surface area (Å²) in [4.78, 5) is 0. The van der Waals surface area contributed by atoms with Gasteiger partial charge in [0.25, 0.3) is 0 Å². The van der Waals surface area contributed by atoms with Crippen LogP contribution in [-0.2, 0) is 9.47 Å². The van der Waals surface area contributed by atoms with E-state index in [-0.39, 0.29) is 0 Å². The van der Waals surface area contributed by atoms with Gasteiger partial charge in [0, 0.05) is 14.2 Å². The molecule has 0 aromatic heterocycles. The van der Waals surface area contributed by atoms with Crippen LogP contribution in [0.25, 0.3) is 0 Å². The molecule has 0 unspecified atom stereocenters. The number of methoxy groups -OCH3 is 2. The minimum absolute atomic E-state index is 0.629. The van der Waals surface area contributed by atoms with Gasteiger partial charge in [0.15, 0.2) is 0 Å². The lowest BCUT2D eigenvalue weighted by Gasteiger charge is -2.18. The quantitative estimate of drug-likeness (QED) is 0.736. The molecule has 0 aromatic rings. The molecule has 0 aromatic carbocycles. The van der Waals surface area contributed by atoms with Crippen molar-refractivity contribution in [3.63, 3.8) is 0 Å². The van der Waals surface area contributed by atoms with Crippen molar-refractivity contribution in [1.82, 2.24) is 0 Å². The minimum Gasteiger partial charge on any atom is -0.383 e. The Labute approximate surface area is 141 Å². The van der Waals surface area contributed by atoms with Crippen molar-refractivity contribution in [3.8, 4) is 0 Å². The fourth-order valence-corrected chi connectivity index (χ4v) is 7.22. The van der Waals surface area contributed by atoms with E-state index in [4.69, 9.17) is 9.47 Å². The SMILES string of the molecule is COCC1SCCCCSC(COC)SCCCCS1. The summed E-state index contributed by atoms with van der Waals surface area (Å²) in [5, 5.41) is 0. The van der Waals surface area contributed by atoms with Gasteiger partial charge in [0.1, 0.15) is 0 Å². The summed E-state index contributed by atoms with van der Waals surface area (Å²) in [5.74, 6) is 5.07. The third-order valence-corrected chi connectivity index (χ3v) is 8.66. The van der Waals surface area contributed by atoms with Crippen LogP contribution in [-0.4, -0.2) is 59.6 Å². The summed E-state index contributed by atoms with van der Waals surface area (Å²) in [5.41, 5.74) is 0. The van der Waals surface area contributed by atoms with E-state index in [0.29, 0.717) is 9.16 Å². The van der Waals surface area contributed by atoms with Gasteiger partial charge in [-0.05, 0) is 48.7 Å². The van der Waals surface area contributed by atoms with E-state index in [1.54, 1.807) is 0 Å². The predicted octanol–water partition coefficient (Wildman–Crippen LogP) is 4.44. The van der Waals surface area contributed by atoms with Gasteiger partial charge in [0.05, 0.1) is 22.4 Å². The van der Waals surface area contributed by atoms with Gasteiger partial charge >= 0.3 is 0 Å². The fourth-order valence-electron chi connectivity index (χ4n) is 1.83. The molecule has 0 N–H and O–H groups in total. The highest BCUT2D eigenvalue weighted by Crippen LogP contribution is 2.29. The topological polar surface area (TPSA) is 18.5 Å². The molecular formula is C14H28O2S4. The first-order chi connectivity index (χ1) is 9.86. The third-order valence-electron chi connectivity index (χ3n) is 2.90. The summed E-state index contributed by atoms with van der Waals surface area (Å²) in [6, 6.07) is 0. The number of hydrogen-bond acceptors (Lipinski definition) is 6. The van der Waals surface area contributed by atoms with Crippen molar-refractivity contribution in [2.45, 2.75) is 34.8 Å². The van der Waals surface area contributed by atoms with Gasteiger partial charge < -0.3 is 9.47 Å². The van der Waals surface area contributed by atoms with Gasteiger partial charge in [-0.25, -0.2) is 0 Å². The molecule has 0 bridgehead atoms. The standard InChI is InChI=1S/C14H28O2S4/c1-15-11-13-17-7-3-5-9-19-14(12-16-2)20-10-6-4-8-18-13/h13-14H,3-12H2,1-2H3. The van der Waals surface area contributed by atoms with Crippen LogP contribution in [0.2, 0.25) is 0 Å². The van der Waals surface area contributed by atoms with Crippen LogP contribution >= 0.6 is 47.0 Å². The molecule has 1 heterocycles. The third kappa shape index (κ3) is 10.1. The summed E-state index contributed by atoms with van der Waals surface area (Å²) >= 11 is 8.33. The van der Waals surface area contributed by atoms with E-state index in [1.165, 1.54) is 48.7 Å². The van der Waals surface area contributed by atoms with Crippen LogP contribution in [0.5, 0.6) is 0 Å². The van der Waals surface area contributed by atoms with E-state index in [0.717, 1.165) is 13.2 Å². The van der Waals surface area contributed by atoms with Crippen molar-refractivity contribution in [1.29, 1.82) is 0 Å². The molecule has 1 saturated heterocycles. The Hall–Kier alpha value is 1.32. The molecule has 0 radical (unpaired) electrons. The first-order valence-corrected chi connectivity index (χ1v) is 11.5. The van der Waals surface area contributed by atoms with Crippen molar-refractivity contribution >= 4 is 47.0 Å². The highest BCUT2D eigenvalue weighted by Gasteiger charge is 2.12. The van der Waals surface area contributed by atoms with Crippen molar-refractivity contribution in [2.24, 2.45) is 0 Å².